The number of sulfonamides is 1. The molecule has 3 aromatic heterocycles. The van der Waals surface area contributed by atoms with Crippen molar-refractivity contribution in [1.82, 2.24) is 14.5 Å². The molecule has 4 aromatic rings. The number of fused-ring (bicyclic) bond motifs is 1. The second kappa shape index (κ2) is 8.06. The number of aryl methyl sites for hydroxylation is 3. The summed E-state index contributed by atoms with van der Waals surface area (Å²) in [5.74, 6) is 1.46. The number of pyridine rings is 3. The van der Waals surface area contributed by atoms with Gasteiger partial charge in [0, 0.05) is 25.1 Å². The highest BCUT2D eigenvalue weighted by Gasteiger charge is 2.15. The number of nitrogens with one attached hydrogen (secondary N) is 2. The van der Waals surface area contributed by atoms with Crippen molar-refractivity contribution in [1.29, 1.82) is 0 Å². The molecule has 32 heavy (non-hydrogen) atoms. The summed E-state index contributed by atoms with van der Waals surface area (Å²) in [6.07, 6.45) is 3.39. The number of primary sulfonamides is 1. The van der Waals surface area contributed by atoms with Crippen LogP contribution in [-0.2, 0) is 17.1 Å². The lowest BCUT2D eigenvalue weighted by Crippen LogP contribution is -2.17. The fourth-order valence-corrected chi connectivity index (χ4v) is 4.20. The summed E-state index contributed by atoms with van der Waals surface area (Å²) in [6, 6.07) is 12.0. The highest BCUT2D eigenvalue weighted by Crippen LogP contribution is 2.28. The molecule has 0 spiro atoms. The van der Waals surface area contributed by atoms with Crippen LogP contribution in [0.5, 0.6) is 0 Å². The molecule has 164 valence electrons. The van der Waals surface area contributed by atoms with Crippen molar-refractivity contribution in [3.05, 3.63) is 76.3 Å². The third-order valence-electron chi connectivity index (χ3n) is 4.98. The molecule has 0 radical (unpaired) electrons. The third kappa shape index (κ3) is 4.32. The molecule has 4 rings (SSSR count). The highest BCUT2D eigenvalue weighted by atomic mass is 32.2. The van der Waals surface area contributed by atoms with E-state index in [2.05, 4.69) is 20.6 Å². The van der Waals surface area contributed by atoms with E-state index in [9.17, 15) is 13.2 Å². The molecule has 0 aliphatic rings. The minimum Gasteiger partial charge on any atom is -0.339 e. The van der Waals surface area contributed by atoms with E-state index in [0.717, 1.165) is 5.56 Å². The number of hydrogen-bond donors (Lipinski definition) is 3. The molecule has 0 bridgehead atoms. The maximum Gasteiger partial charge on any atom is 0.261 e. The van der Waals surface area contributed by atoms with Crippen molar-refractivity contribution in [3.8, 4) is 0 Å². The van der Waals surface area contributed by atoms with Gasteiger partial charge in [0.25, 0.3) is 5.56 Å². The Balaban J connectivity index is 1.82. The summed E-state index contributed by atoms with van der Waals surface area (Å²) in [4.78, 5) is 21.8. The zero-order chi connectivity index (χ0) is 23.0. The Bertz CT molecular complexity index is 1510. The second-order valence-electron chi connectivity index (χ2n) is 7.55. The van der Waals surface area contributed by atoms with Crippen LogP contribution in [0.2, 0.25) is 0 Å². The van der Waals surface area contributed by atoms with E-state index >= 15 is 0 Å². The fourth-order valence-electron chi connectivity index (χ4n) is 3.43. The molecule has 1 aromatic carbocycles. The average molecular weight is 451 g/mol. The lowest BCUT2D eigenvalue weighted by atomic mass is 10.2. The average Bonchev–Trinajstić information content (AvgIpc) is 2.70. The first kappa shape index (κ1) is 21.5. The van der Waals surface area contributed by atoms with E-state index in [-0.39, 0.29) is 10.5 Å². The Labute approximate surface area is 185 Å². The van der Waals surface area contributed by atoms with Crippen LogP contribution in [-0.4, -0.2) is 23.0 Å². The van der Waals surface area contributed by atoms with Crippen LogP contribution >= 0.6 is 0 Å². The maximum atomic E-state index is 12.9. The Kier molecular flexibility index (Phi) is 5.41. The van der Waals surface area contributed by atoms with E-state index < -0.39 is 10.0 Å². The summed E-state index contributed by atoms with van der Waals surface area (Å²) in [5, 5.41) is 12.7. The van der Waals surface area contributed by atoms with E-state index in [1.54, 1.807) is 44.6 Å². The van der Waals surface area contributed by atoms with Crippen LogP contribution in [0.15, 0.2) is 64.5 Å². The number of aromatic nitrogens is 3. The first-order valence-corrected chi connectivity index (χ1v) is 11.3. The number of anilines is 4. The topological polar surface area (TPSA) is 132 Å². The predicted octanol–water partition coefficient (Wildman–Crippen LogP) is 3.08. The van der Waals surface area contributed by atoms with Gasteiger partial charge in [0.2, 0.25) is 10.0 Å². The Hall–Kier alpha value is -3.76. The van der Waals surface area contributed by atoms with Crippen molar-refractivity contribution in [2.75, 3.05) is 10.6 Å². The summed E-state index contributed by atoms with van der Waals surface area (Å²) < 4.78 is 24.9. The van der Waals surface area contributed by atoms with E-state index in [0.29, 0.717) is 39.5 Å². The molecular weight excluding hydrogens is 428 g/mol. The highest BCUT2D eigenvalue weighted by molar-refractivity contribution is 7.89. The van der Waals surface area contributed by atoms with Gasteiger partial charge in [-0.1, -0.05) is 0 Å². The standard InChI is InChI=1S/C22H22N6O3S/c1-13-6-8-24-18(10-13)26-19-12-15-7-9-28(3)22(29)20(15)21(27-19)25-16-4-5-17(14(2)11-16)32(23,30)31/h4-12H,1-3H3,(H2,23,30,31)(H2,24,25,26,27). The number of nitrogens with two attached hydrogens (primary N) is 1. The van der Waals surface area contributed by atoms with Gasteiger partial charge in [0.05, 0.1) is 10.3 Å². The second-order valence-corrected chi connectivity index (χ2v) is 9.08. The normalized spacial score (nSPS) is 11.5. The minimum absolute atomic E-state index is 0.0396. The van der Waals surface area contributed by atoms with Crippen molar-refractivity contribution >= 4 is 43.9 Å². The Morgan fingerprint density at radius 3 is 2.47 bits per heavy atom. The lowest BCUT2D eigenvalue weighted by Gasteiger charge is -2.14. The van der Waals surface area contributed by atoms with Gasteiger partial charge in [0.15, 0.2) is 0 Å². The van der Waals surface area contributed by atoms with Gasteiger partial charge in [-0.05, 0) is 72.8 Å². The molecule has 0 atom stereocenters. The molecule has 9 nitrogen and oxygen atoms in total. The molecule has 0 amide bonds. The molecule has 0 saturated heterocycles. The van der Waals surface area contributed by atoms with Crippen LogP contribution in [0.3, 0.4) is 0 Å². The number of nitrogens with zero attached hydrogens (tertiary/aromatic N) is 3. The Morgan fingerprint density at radius 1 is 1.00 bits per heavy atom. The maximum absolute atomic E-state index is 12.9. The van der Waals surface area contributed by atoms with Crippen molar-refractivity contribution < 1.29 is 8.42 Å². The van der Waals surface area contributed by atoms with Crippen LogP contribution < -0.4 is 21.3 Å². The van der Waals surface area contributed by atoms with E-state index in [4.69, 9.17) is 5.14 Å². The molecular formula is C22H22N6O3S. The monoisotopic (exact) mass is 450 g/mol. The van der Waals surface area contributed by atoms with Gasteiger partial charge in [0.1, 0.15) is 17.5 Å². The van der Waals surface area contributed by atoms with Crippen molar-refractivity contribution in [2.45, 2.75) is 18.7 Å². The Morgan fingerprint density at radius 2 is 1.78 bits per heavy atom. The lowest BCUT2D eigenvalue weighted by molar-refractivity contribution is 0.597. The van der Waals surface area contributed by atoms with Gasteiger partial charge >= 0.3 is 0 Å². The summed E-state index contributed by atoms with van der Waals surface area (Å²) in [7, 11) is -2.16. The molecule has 0 unspecified atom stereocenters. The smallest absolute Gasteiger partial charge is 0.261 e. The van der Waals surface area contributed by atoms with Gasteiger partial charge in [-0.3, -0.25) is 4.79 Å². The SMILES string of the molecule is Cc1ccnc(Nc2cc3ccn(C)c(=O)c3c(Nc3ccc(S(N)(=O)=O)c(C)c3)n2)c1. The van der Waals surface area contributed by atoms with Gasteiger partial charge in [-0.25, -0.2) is 23.5 Å². The molecule has 10 heteroatoms. The molecule has 4 N–H and O–H groups in total. The zero-order valence-electron chi connectivity index (χ0n) is 17.7. The van der Waals surface area contributed by atoms with Gasteiger partial charge in [-0.15, -0.1) is 0 Å². The first-order valence-electron chi connectivity index (χ1n) is 9.72. The fraction of sp³-hybridized carbons (Fsp3) is 0.136. The number of benzene rings is 1. The largest absolute Gasteiger partial charge is 0.339 e. The van der Waals surface area contributed by atoms with Gasteiger partial charge < -0.3 is 15.2 Å². The number of hydrogen-bond acceptors (Lipinski definition) is 7. The van der Waals surface area contributed by atoms with Gasteiger partial charge in [-0.2, -0.15) is 0 Å². The third-order valence-corrected chi connectivity index (χ3v) is 6.05. The van der Waals surface area contributed by atoms with Crippen LogP contribution in [0.1, 0.15) is 11.1 Å². The van der Waals surface area contributed by atoms with Crippen molar-refractivity contribution in [3.63, 3.8) is 0 Å². The zero-order valence-corrected chi connectivity index (χ0v) is 18.6. The van der Waals surface area contributed by atoms with E-state index in [1.807, 2.05) is 25.1 Å². The summed E-state index contributed by atoms with van der Waals surface area (Å²) in [6.45, 7) is 3.61. The quantitative estimate of drug-likeness (QED) is 0.426. The summed E-state index contributed by atoms with van der Waals surface area (Å²) >= 11 is 0. The molecule has 3 heterocycles. The van der Waals surface area contributed by atoms with Crippen LogP contribution in [0, 0.1) is 13.8 Å². The minimum atomic E-state index is -3.83. The van der Waals surface area contributed by atoms with Crippen LogP contribution in [0.4, 0.5) is 23.1 Å². The predicted molar refractivity (Wildman–Crippen MR) is 125 cm³/mol. The molecule has 0 aliphatic heterocycles. The van der Waals surface area contributed by atoms with Crippen LogP contribution in [0.25, 0.3) is 10.8 Å². The summed E-state index contributed by atoms with van der Waals surface area (Å²) in [5.41, 5.74) is 1.88. The van der Waals surface area contributed by atoms with E-state index in [1.165, 1.54) is 10.6 Å². The first-order chi connectivity index (χ1) is 15.1. The molecule has 0 fully saturated rings. The van der Waals surface area contributed by atoms with Crippen molar-refractivity contribution in [2.24, 2.45) is 12.2 Å². The molecule has 0 aliphatic carbocycles. The number of rotatable bonds is 5. The molecule has 0 saturated carbocycles.